The Kier molecular flexibility index (Phi) is 3.22. The predicted octanol–water partition coefficient (Wildman–Crippen LogP) is 0.0651. The van der Waals surface area contributed by atoms with Gasteiger partial charge >= 0.3 is 6.03 Å². The maximum atomic E-state index is 11.3. The van der Waals surface area contributed by atoms with E-state index < -0.39 is 11.1 Å². The molecule has 0 aromatic rings. The van der Waals surface area contributed by atoms with Crippen molar-refractivity contribution in [3.05, 3.63) is 10.1 Å². The fraction of sp³-hybridized carbons (Fsp3) is 0.714. The summed E-state index contributed by atoms with van der Waals surface area (Å²) in [6.45, 7) is 2.95. The lowest BCUT2D eigenvalue weighted by molar-refractivity contribution is -0.665. The Morgan fingerprint density at radius 3 is 3.00 bits per heavy atom. The zero-order valence-corrected chi connectivity index (χ0v) is 10.0. The SMILES string of the molecule is CCCSN1CCN2C(=N1)NC(=O)N2[N+](=O)[O-]. The molecule has 0 aliphatic carbocycles. The van der Waals surface area contributed by atoms with E-state index in [1.807, 2.05) is 0 Å². The number of amides is 2. The summed E-state index contributed by atoms with van der Waals surface area (Å²) in [4.78, 5) is 22.0. The molecule has 9 nitrogen and oxygen atoms in total. The van der Waals surface area contributed by atoms with Gasteiger partial charge in [-0.25, -0.2) is 19.3 Å². The summed E-state index contributed by atoms with van der Waals surface area (Å²) in [5.41, 5.74) is 0. The second kappa shape index (κ2) is 4.65. The first-order valence-electron chi connectivity index (χ1n) is 5.15. The molecule has 0 aromatic heterocycles. The van der Waals surface area contributed by atoms with Crippen LogP contribution in [0.15, 0.2) is 5.10 Å². The molecule has 0 saturated carbocycles. The number of guanidine groups is 1. The summed E-state index contributed by atoms with van der Waals surface area (Å²) in [5, 5.41) is 18.1. The Morgan fingerprint density at radius 2 is 2.35 bits per heavy atom. The summed E-state index contributed by atoms with van der Waals surface area (Å²) in [6, 6.07) is -0.781. The number of rotatable bonds is 4. The third kappa shape index (κ3) is 2.20. The minimum absolute atomic E-state index is 0.210. The molecule has 0 radical (unpaired) electrons. The third-order valence-electron chi connectivity index (χ3n) is 2.18. The van der Waals surface area contributed by atoms with Crippen LogP contribution < -0.4 is 5.32 Å². The molecule has 17 heavy (non-hydrogen) atoms. The molecule has 10 heteroatoms. The van der Waals surface area contributed by atoms with Gasteiger partial charge in [-0.05, 0) is 18.4 Å². The number of nitro groups is 1. The molecule has 94 valence electrons. The van der Waals surface area contributed by atoms with Crippen LogP contribution in [0.1, 0.15) is 13.3 Å². The molecule has 2 aliphatic heterocycles. The second-order valence-corrected chi connectivity index (χ2v) is 4.50. The summed E-state index contributed by atoms with van der Waals surface area (Å²) >= 11 is 1.54. The van der Waals surface area contributed by atoms with Crippen LogP contribution in [0.2, 0.25) is 0 Å². The topological polar surface area (TPSA) is 94.3 Å². The minimum atomic E-state index is -0.781. The lowest BCUT2D eigenvalue weighted by Gasteiger charge is -2.28. The molecule has 0 atom stereocenters. The van der Waals surface area contributed by atoms with Crippen LogP contribution in [0, 0.1) is 10.1 Å². The predicted molar refractivity (Wildman–Crippen MR) is 61.0 cm³/mol. The summed E-state index contributed by atoms with van der Waals surface area (Å²) in [5.74, 6) is 1.13. The van der Waals surface area contributed by atoms with E-state index in [0.717, 1.165) is 12.2 Å². The Hall–Kier alpha value is -1.71. The first kappa shape index (κ1) is 11.8. The van der Waals surface area contributed by atoms with Crippen molar-refractivity contribution >= 4 is 23.9 Å². The van der Waals surface area contributed by atoms with Gasteiger partial charge in [0.1, 0.15) is 0 Å². The molecule has 0 aromatic carbocycles. The lowest BCUT2D eigenvalue weighted by Crippen LogP contribution is -2.49. The van der Waals surface area contributed by atoms with E-state index in [-0.39, 0.29) is 5.96 Å². The number of nitrogens with zero attached hydrogens (tertiary/aromatic N) is 5. The fourth-order valence-electron chi connectivity index (χ4n) is 1.48. The number of carbonyl (C=O) groups excluding carboxylic acids is 1. The molecule has 1 fully saturated rings. The molecule has 2 amide bonds. The molecule has 0 unspecified atom stereocenters. The van der Waals surface area contributed by atoms with Crippen molar-refractivity contribution in [1.29, 1.82) is 0 Å². The zero-order chi connectivity index (χ0) is 12.4. The number of fused-ring (bicyclic) bond motifs is 1. The maximum absolute atomic E-state index is 11.3. The van der Waals surface area contributed by atoms with Gasteiger partial charge in [-0.1, -0.05) is 6.92 Å². The molecule has 2 aliphatic rings. The van der Waals surface area contributed by atoms with Gasteiger partial charge in [0.15, 0.2) is 5.03 Å². The van der Waals surface area contributed by atoms with Gasteiger partial charge in [0, 0.05) is 5.75 Å². The van der Waals surface area contributed by atoms with Crippen LogP contribution in [-0.2, 0) is 0 Å². The number of carbonyl (C=O) groups is 1. The monoisotopic (exact) mass is 260 g/mol. The second-order valence-electron chi connectivity index (χ2n) is 3.41. The largest absolute Gasteiger partial charge is 0.408 e. The van der Waals surface area contributed by atoms with Crippen molar-refractivity contribution in [3.63, 3.8) is 0 Å². The van der Waals surface area contributed by atoms with E-state index in [2.05, 4.69) is 17.3 Å². The van der Waals surface area contributed by atoms with Crippen LogP contribution in [0.5, 0.6) is 0 Å². The molecule has 2 rings (SSSR count). The summed E-state index contributed by atoms with van der Waals surface area (Å²) < 4.78 is 1.74. The first-order valence-corrected chi connectivity index (χ1v) is 6.09. The van der Waals surface area contributed by atoms with Gasteiger partial charge in [0.25, 0.3) is 0 Å². The van der Waals surface area contributed by atoms with Crippen LogP contribution in [0.25, 0.3) is 0 Å². The minimum Gasteiger partial charge on any atom is -0.269 e. The maximum Gasteiger partial charge on any atom is 0.408 e. The van der Waals surface area contributed by atoms with E-state index in [0.29, 0.717) is 18.2 Å². The summed E-state index contributed by atoms with van der Waals surface area (Å²) in [6.07, 6.45) is 1.02. The van der Waals surface area contributed by atoms with Crippen molar-refractivity contribution in [2.45, 2.75) is 13.3 Å². The third-order valence-corrected chi connectivity index (χ3v) is 3.34. The lowest BCUT2D eigenvalue weighted by atomic mass is 10.6. The van der Waals surface area contributed by atoms with Crippen molar-refractivity contribution < 1.29 is 9.83 Å². The standard InChI is InChI=1S/C7H12N6O3S/c1-2-5-17-11-4-3-10-6(9-11)8-7(14)12(10)13(15)16/h2-5H2,1H3,(H,8,9,14). The van der Waals surface area contributed by atoms with Crippen molar-refractivity contribution in [2.24, 2.45) is 5.10 Å². The molecule has 1 N–H and O–H groups in total. The van der Waals surface area contributed by atoms with Crippen LogP contribution in [-0.4, -0.2) is 50.4 Å². The zero-order valence-electron chi connectivity index (χ0n) is 9.20. The quantitative estimate of drug-likeness (QED) is 0.436. The van der Waals surface area contributed by atoms with Crippen molar-refractivity contribution in [1.82, 2.24) is 19.9 Å². The van der Waals surface area contributed by atoms with E-state index in [4.69, 9.17) is 0 Å². The van der Waals surface area contributed by atoms with Crippen molar-refractivity contribution in [3.8, 4) is 0 Å². The van der Waals surface area contributed by atoms with Crippen LogP contribution in [0.4, 0.5) is 4.79 Å². The van der Waals surface area contributed by atoms with E-state index in [1.165, 1.54) is 17.0 Å². The highest BCUT2D eigenvalue weighted by Gasteiger charge is 2.44. The van der Waals surface area contributed by atoms with Gasteiger partial charge in [0.2, 0.25) is 5.96 Å². The number of hydrazone groups is 1. The number of nitrogens with one attached hydrogen (secondary N) is 1. The van der Waals surface area contributed by atoms with Crippen molar-refractivity contribution in [2.75, 3.05) is 18.8 Å². The number of hydrazine groups is 2. The highest BCUT2D eigenvalue weighted by Crippen LogP contribution is 2.19. The van der Waals surface area contributed by atoms with Crippen LogP contribution in [0.3, 0.4) is 0 Å². The molecule has 0 spiro atoms. The van der Waals surface area contributed by atoms with E-state index in [9.17, 15) is 14.9 Å². The number of hydrogen-bond acceptors (Lipinski definition) is 7. The van der Waals surface area contributed by atoms with Gasteiger partial charge in [-0.2, -0.15) is 5.01 Å². The van der Waals surface area contributed by atoms with Gasteiger partial charge < -0.3 is 0 Å². The normalized spacial score (nSPS) is 19.0. The molecule has 1 saturated heterocycles. The molecular weight excluding hydrogens is 248 g/mol. The van der Waals surface area contributed by atoms with Gasteiger partial charge in [-0.3, -0.25) is 5.32 Å². The highest BCUT2D eigenvalue weighted by molar-refractivity contribution is 7.96. The first-order chi connectivity index (χ1) is 8.13. The number of hydrogen-bond donors (Lipinski definition) is 1. The molecular formula is C7H12N6O3S. The Labute approximate surface area is 102 Å². The van der Waals surface area contributed by atoms with Crippen LogP contribution >= 0.6 is 11.9 Å². The highest BCUT2D eigenvalue weighted by atomic mass is 32.2. The van der Waals surface area contributed by atoms with E-state index >= 15 is 0 Å². The molecule has 2 heterocycles. The Morgan fingerprint density at radius 1 is 1.59 bits per heavy atom. The molecule has 0 bridgehead atoms. The Bertz CT molecular complexity index is 375. The van der Waals surface area contributed by atoms with Gasteiger partial charge in [-0.15, -0.1) is 5.10 Å². The number of urea groups is 1. The fourth-order valence-corrected chi connectivity index (χ4v) is 2.21. The smallest absolute Gasteiger partial charge is 0.269 e. The average molecular weight is 260 g/mol. The van der Waals surface area contributed by atoms with E-state index in [1.54, 1.807) is 4.41 Å². The van der Waals surface area contributed by atoms with Gasteiger partial charge in [0.05, 0.1) is 18.2 Å². The average Bonchev–Trinajstić information content (AvgIpc) is 2.61. The summed E-state index contributed by atoms with van der Waals surface area (Å²) in [7, 11) is 0. The Balaban J connectivity index is 2.09.